The van der Waals surface area contributed by atoms with Gasteiger partial charge in [0.25, 0.3) is 0 Å². The summed E-state index contributed by atoms with van der Waals surface area (Å²) in [5.74, 6) is -8.63. The Morgan fingerprint density at radius 2 is 0.807 bits per heavy atom. The molecule has 15 rings (SSSR count). The number of fused-ring (bicyclic) bond motifs is 21. The second-order valence-electron chi connectivity index (χ2n) is 35.4. The number of rotatable bonds is 14. The largest absolute Gasteiger partial charge is 0.465 e. The van der Waals surface area contributed by atoms with Crippen LogP contribution in [0.3, 0.4) is 0 Å². The van der Waals surface area contributed by atoms with Crippen LogP contribution in [0.2, 0.25) is 0 Å². The summed E-state index contributed by atoms with van der Waals surface area (Å²) in [7, 11) is 0. The van der Waals surface area contributed by atoms with Crippen molar-refractivity contribution in [2.75, 3.05) is 85.4 Å². The Bertz CT molecular complexity index is 4020. The third-order valence-electron chi connectivity index (χ3n) is 31.3. The van der Waals surface area contributed by atoms with E-state index in [4.69, 9.17) is 18.9 Å². The predicted molar refractivity (Wildman–Crippen MR) is 381 cm³/mol. The molecule has 0 aromatic rings. The number of esters is 4. The normalized spacial score (nSPS) is 46.8. The van der Waals surface area contributed by atoms with Crippen LogP contribution >= 0.6 is 12.4 Å². The number of ether oxygens (including phenoxy) is 4. The zero-order chi connectivity index (χ0) is 78.8. The SMILES string of the molecule is CC(=O)OCC(=O)[C@@]12CNC[C@@H]1C[C@H]1[C@@H]3C[C@H](F)C4=CC(=O)C=C[C@]4(C)[C@@]3(F)[C@@H](O)C[C@@]12C.CCOC(=O)CN1C[C@@H]2C[C@H]3[C@@H]4C[C@H](F)C5=CC(=O)C=C[C@]5(C)[C@@]4(F)[C@@H](O)C[C@]3(C)[C@]2(C(=O)CO)C1.CCOC(=O)CN1C[C@@H]2C[C@H]3[C@@H]4C[C@H](F)C5=CC(=O)C=C[C@]5(C)[C@@]4(F)[C@@H](O)C[C@]3(C)[C@]2(C(=O)COC(C)=O)C1.Cl. The number of halogens is 7. The number of nitrogens with zero attached hydrogens (tertiary/aromatic N) is 2. The van der Waals surface area contributed by atoms with Crippen molar-refractivity contribution in [3.05, 3.63) is 71.4 Å². The highest BCUT2D eigenvalue weighted by Gasteiger charge is 2.82. The van der Waals surface area contributed by atoms with Gasteiger partial charge in [0.1, 0.15) is 25.1 Å². The summed E-state index contributed by atoms with van der Waals surface area (Å²) in [6.45, 7) is 17.2. The standard InChI is InChI=1S/C29H37F2NO7.C27H35F2NO6.C25H31F2NO5.ClH/c1-5-38-25(37)13-32-12-17-8-19-20-10-22(30)21-9-18(34)6-7-26(21,3)29(20,31)23(35)11-27(19,4)28(17,15-32)24(36)14-39-16(2)33;1-4-36-23(35)12-30-11-15-7-17-18-9-20(28)19-8-16(32)5-6-24(19,2)27(18,29)21(33)10-25(17,3)26(15,14-30)22(34)13-31;1-13(29)33-11-21(32)24-12-28-10-14(24)6-16-17-8-19(26)18-7-15(30)4-5-22(18,2)25(17,27)20(31)9-23(16,24)3;/h6-7,9,17,19-20,22-23,35H,5,8,10-15H2,1-4H3;5-6,8,15,17-18,20-21,31,33H,4,7,9-14H2,1-3H3;4-5,7,14,16-17,19-20,28,31H,6,8-12H2,1-3H3;1H/t17-,19-,20-,22-,23-,26-,27-,28+,29-;15-,17-,18-,20-,21-,24-,25-,26+,27-;14-,16-,17-,19-,20-,22-,23-,24+,25-;/m000./s1. The number of alkyl halides is 6. The molecular formula is C81H104ClF6N3O18. The molecule has 5 N–H and O–H groups in total. The smallest absolute Gasteiger partial charge is 0.320 e. The molecule has 28 heteroatoms. The van der Waals surface area contributed by atoms with Gasteiger partial charge in [-0.2, -0.15) is 0 Å². The zero-order valence-corrected chi connectivity index (χ0v) is 64.3. The van der Waals surface area contributed by atoms with E-state index in [9.17, 15) is 68.4 Å². The van der Waals surface area contributed by atoms with Crippen molar-refractivity contribution in [3.63, 3.8) is 0 Å². The molecule has 27 atom stereocenters. The highest BCUT2D eigenvalue weighted by atomic mass is 35.5. The molecule has 3 heterocycles. The van der Waals surface area contributed by atoms with Gasteiger partial charge in [-0.1, -0.05) is 39.0 Å². The van der Waals surface area contributed by atoms with Gasteiger partial charge in [-0.15, -0.1) is 12.4 Å². The van der Waals surface area contributed by atoms with E-state index in [1.165, 1.54) is 56.4 Å². The van der Waals surface area contributed by atoms with E-state index in [-0.39, 0.29) is 160 Å². The molecule has 21 nitrogen and oxygen atoms in total. The molecule has 0 spiro atoms. The number of carbonyl (C=O) groups is 10. The first-order chi connectivity index (χ1) is 50.5. The number of nitrogens with one attached hydrogen (secondary N) is 1. The minimum absolute atomic E-state index is 0. The Labute approximate surface area is 636 Å². The Morgan fingerprint density at radius 3 is 1.14 bits per heavy atom. The van der Waals surface area contributed by atoms with Gasteiger partial charge < -0.3 is 44.7 Å². The number of aliphatic hydroxyl groups excluding tert-OH is 4. The number of likely N-dealkylation sites (tertiary alicyclic amines) is 2. The van der Waals surface area contributed by atoms with Gasteiger partial charge in [0.15, 0.2) is 64.9 Å². The Morgan fingerprint density at radius 1 is 0.486 bits per heavy atom. The molecule has 9 saturated carbocycles. The molecule has 0 bridgehead atoms. The minimum atomic E-state index is -2.24. The number of Topliss-reactive ketones (excluding diaryl/α,β-unsaturated/α-hetero) is 3. The van der Waals surface area contributed by atoms with Gasteiger partial charge in [0.2, 0.25) is 0 Å². The van der Waals surface area contributed by atoms with Crippen LogP contribution in [0.1, 0.15) is 127 Å². The maximum absolute atomic E-state index is 17.5. The molecule has 3 saturated heterocycles. The van der Waals surface area contributed by atoms with Crippen molar-refractivity contribution in [1.29, 1.82) is 0 Å². The summed E-state index contributed by atoms with van der Waals surface area (Å²) in [5.41, 5.74) is -16.6. The maximum Gasteiger partial charge on any atom is 0.320 e. The molecule has 15 aliphatic rings. The molecule has 3 aliphatic heterocycles. The third kappa shape index (κ3) is 11.3. The van der Waals surface area contributed by atoms with Crippen molar-refractivity contribution in [2.45, 2.75) is 181 Å². The van der Waals surface area contributed by atoms with Gasteiger partial charge in [0.05, 0.1) is 60.9 Å². The summed E-state index contributed by atoms with van der Waals surface area (Å²) in [6, 6.07) is 0. The van der Waals surface area contributed by atoms with Crippen LogP contribution in [0.15, 0.2) is 71.4 Å². The fraction of sp³-hybridized carbons (Fsp3) is 0.728. The van der Waals surface area contributed by atoms with Gasteiger partial charge in [-0.3, -0.25) is 57.7 Å². The first-order valence-corrected chi connectivity index (χ1v) is 38.4. The van der Waals surface area contributed by atoms with Crippen LogP contribution < -0.4 is 5.32 Å². The lowest BCUT2D eigenvalue weighted by atomic mass is 9.43. The van der Waals surface area contributed by atoms with Gasteiger partial charge in [-0.25, -0.2) is 26.3 Å². The van der Waals surface area contributed by atoms with E-state index in [2.05, 4.69) is 5.32 Å². The molecule has 109 heavy (non-hydrogen) atoms. The maximum atomic E-state index is 17.5. The molecule has 0 radical (unpaired) electrons. The quantitative estimate of drug-likeness (QED) is 0.0654. The van der Waals surface area contributed by atoms with E-state index in [1.54, 1.807) is 34.6 Å². The monoisotopic (exact) mass is 1560 g/mol. The molecule has 0 amide bonds. The first-order valence-electron chi connectivity index (χ1n) is 38.4. The lowest BCUT2D eigenvalue weighted by Crippen LogP contribution is -2.69. The minimum Gasteiger partial charge on any atom is -0.465 e. The van der Waals surface area contributed by atoms with Crippen LogP contribution in [0, 0.1) is 102 Å². The van der Waals surface area contributed by atoms with E-state index < -0.39 is 181 Å². The van der Waals surface area contributed by atoms with Crippen LogP contribution in [0.5, 0.6) is 0 Å². The number of hydrogen-bond donors (Lipinski definition) is 5. The van der Waals surface area contributed by atoms with E-state index >= 15 is 26.3 Å². The van der Waals surface area contributed by atoms with Gasteiger partial charge in [-0.05, 0) is 204 Å². The number of carbonyl (C=O) groups excluding carboxylic acids is 10. The molecule has 0 aromatic heterocycles. The summed E-state index contributed by atoms with van der Waals surface area (Å²) in [6.07, 6.45) is 3.12. The van der Waals surface area contributed by atoms with Crippen molar-refractivity contribution in [3.8, 4) is 0 Å². The van der Waals surface area contributed by atoms with E-state index in [1.807, 2.05) is 30.6 Å². The van der Waals surface area contributed by atoms with Crippen molar-refractivity contribution in [1.82, 2.24) is 15.1 Å². The van der Waals surface area contributed by atoms with Crippen LogP contribution in [-0.2, 0) is 66.9 Å². The fourth-order valence-electron chi connectivity index (χ4n) is 26.7. The summed E-state index contributed by atoms with van der Waals surface area (Å²) in [5, 5.41) is 47.8. The first kappa shape index (κ1) is 82.4. The highest BCUT2D eigenvalue weighted by molar-refractivity contribution is 6.03. The molecule has 0 aromatic carbocycles. The summed E-state index contributed by atoms with van der Waals surface area (Å²) >= 11 is 0. The Hall–Kier alpha value is -6.07. The van der Waals surface area contributed by atoms with Gasteiger partial charge >= 0.3 is 23.9 Å². The number of ketones is 6. The predicted octanol–water partition coefficient (Wildman–Crippen LogP) is 7.16. The van der Waals surface area contributed by atoms with E-state index in [0.29, 0.717) is 45.4 Å². The Balaban J connectivity index is 0.000000152. The zero-order valence-electron chi connectivity index (χ0n) is 63.5. The van der Waals surface area contributed by atoms with Gasteiger partial charge in [0, 0.05) is 80.6 Å². The van der Waals surface area contributed by atoms with Crippen molar-refractivity contribution < 1.29 is 114 Å². The summed E-state index contributed by atoms with van der Waals surface area (Å²) in [4.78, 5) is 128. The van der Waals surface area contributed by atoms with Crippen LogP contribution in [0.4, 0.5) is 26.3 Å². The number of hydrogen-bond acceptors (Lipinski definition) is 21. The van der Waals surface area contributed by atoms with Crippen LogP contribution in [-0.4, -0.2) is 228 Å². The highest BCUT2D eigenvalue weighted by Crippen LogP contribution is 2.78. The molecular weight excluding hydrogens is 1450 g/mol. The second-order valence-corrected chi connectivity index (χ2v) is 35.4. The number of aliphatic hydroxyl groups is 4. The van der Waals surface area contributed by atoms with E-state index in [0.717, 1.165) is 12.2 Å². The second kappa shape index (κ2) is 28.2. The fourth-order valence-corrected chi connectivity index (χ4v) is 26.7. The summed E-state index contributed by atoms with van der Waals surface area (Å²) < 4.78 is 119. The lowest BCUT2D eigenvalue weighted by molar-refractivity contribution is -0.212. The molecule has 600 valence electrons. The lowest BCUT2D eigenvalue weighted by Gasteiger charge is -2.63. The Kier molecular flexibility index (Phi) is 21.3. The third-order valence-corrected chi connectivity index (χ3v) is 31.3. The van der Waals surface area contributed by atoms with Crippen molar-refractivity contribution in [2.24, 2.45) is 102 Å². The van der Waals surface area contributed by atoms with Crippen molar-refractivity contribution >= 4 is 71.0 Å². The number of allylic oxidation sites excluding steroid dienone is 12. The topological polar surface area (TPSA) is 307 Å². The average Bonchev–Trinajstić information content (AvgIpc) is 1.58. The molecule has 12 fully saturated rings. The molecule has 12 aliphatic carbocycles. The van der Waals surface area contributed by atoms with Crippen LogP contribution in [0.25, 0.3) is 0 Å². The average molecular weight is 1560 g/mol. The molecule has 0 unspecified atom stereocenters.